The van der Waals surface area contributed by atoms with Crippen molar-refractivity contribution in [2.24, 2.45) is 0 Å². The number of carboxylic acid groups (broad SMARTS) is 2. The van der Waals surface area contributed by atoms with E-state index in [1.165, 1.54) is 6.08 Å². The molecule has 1 saturated heterocycles. The number of hydrogen-bond donors (Lipinski definition) is 3. The van der Waals surface area contributed by atoms with E-state index < -0.39 is 46.6 Å². The standard InChI is InChI=1S/C28H29N3O10S4/c1-3-17(13-21-29(10-4-5-11-45(38,39)40)18-12-16(2)6-8-19(18)41-21)7-9-20-25(36)30(14-22(32)33)27(43-20)24-26(37)31(15-23(34)35)28(42)44-24/h6-9,12-13H,3-5,10-11,14-15H2,1-2H3,(H,32,33)(H,34,35)(H,38,39,40)/b17-7?,20-9?,21-13?,27-24+. The van der Waals surface area contributed by atoms with Crippen LogP contribution in [0.5, 0.6) is 5.75 Å². The van der Waals surface area contributed by atoms with Crippen molar-refractivity contribution in [2.75, 3.05) is 23.7 Å². The summed E-state index contributed by atoms with van der Waals surface area (Å²) in [4.78, 5) is 51.8. The highest BCUT2D eigenvalue weighted by Gasteiger charge is 2.35. The lowest BCUT2D eigenvalue weighted by atomic mass is 10.1. The third-order valence-corrected chi connectivity index (χ3v) is 10.1. The molecule has 0 atom stereocenters. The Hall–Kier alpha value is -3.77. The number of thiazole rings is 1. The molecule has 2 aliphatic heterocycles. The minimum Gasteiger partial charge on any atom is -0.480 e. The van der Waals surface area contributed by atoms with E-state index in [2.05, 4.69) is 0 Å². The number of aryl methyl sites for hydroxylation is 1. The van der Waals surface area contributed by atoms with E-state index in [9.17, 15) is 32.7 Å². The Morgan fingerprint density at radius 3 is 2.44 bits per heavy atom. The Balaban J connectivity index is 1.73. The Morgan fingerprint density at radius 2 is 1.80 bits per heavy atom. The molecule has 17 heteroatoms. The molecule has 1 aromatic carbocycles. The Labute approximate surface area is 271 Å². The fraction of sp³-hybridized carbons (Fsp3) is 0.321. The lowest BCUT2D eigenvalue weighted by Gasteiger charge is -2.19. The first-order valence-electron chi connectivity index (χ1n) is 13.5. The van der Waals surface area contributed by atoms with Crippen LogP contribution in [0.2, 0.25) is 0 Å². The molecule has 1 aromatic heterocycles. The van der Waals surface area contributed by atoms with E-state index in [1.807, 2.05) is 36.9 Å². The second-order valence-electron chi connectivity index (χ2n) is 10.0. The number of hydrogen-bond acceptors (Lipinski definition) is 11. The Bertz CT molecular complexity index is 1920. The van der Waals surface area contributed by atoms with E-state index in [0.717, 1.165) is 49.4 Å². The molecule has 1 amide bonds. The summed E-state index contributed by atoms with van der Waals surface area (Å²) in [6.45, 7) is 2.86. The van der Waals surface area contributed by atoms with Gasteiger partial charge in [-0.25, -0.2) is 0 Å². The number of anilines is 1. The number of amides is 1. The molecule has 0 spiro atoms. The van der Waals surface area contributed by atoms with Crippen LogP contribution in [0.4, 0.5) is 5.69 Å². The van der Waals surface area contributed by atoms with Gasteiger partial charge in [0.15, 0.2) is 5.75 Å². The molecule has 240 valence electrons. The van der Waals surface area contributed by atoms with Gasteiger partial charge >= 0.3 is 11.9 Å². The second-order valence-corrected chi connectivity index (χ2v) is 14.2. The highest BCUT2D eigenvalue weighted by atomic mass is 32.2. The maximum Gasteiger partial charge on any atom is 0.323 e. The third-order valence-electron chi connectivity index (χ3n) is 6.62. The molecule has 0 unspecified atom stereocenters. The topological polar surface area (TPSA) is 184 Å². The van der Waals surface area contributed by atoms with Crippen LogP contribution in [-0.2, 0) is 31.0 Å². The van der Waals surface area contributed by atoms with Crippen LogP contribution in [0.1, 0.15) is 31.7 Å². The first kappa shape index (κ1) is 34.1. The number of rotatable bonds is 12. The van der Waals surface area contributed by atoms with E-state index in [1.54, 1.807) is 12.2 Å². The molecule has 0 radical (unpaired) electrons. The molecule has 1 fully saturated rings. The summed E-state index contributed by atoms with van der Waals surface area (Å²) in [5, 5.41) is 18.6. The number of ether oxygens (including phenoxy) is 1. The van der Waals surface area contributed by atoms with Gasteiger partial charge in [-0.2, -0.15) is 8.42 Å². The van der Waals surface area contributed by atoms with Crippen molar-refractivity contribution < 1.29 is 42.3 Å². The fourth-order valence-electron chi connectivity index (χ4n) is 4.49. The second kappa shape index (κ2) is 14.1. The molecular weight excluding hydrogens is 667 g/mol. The summed E-state index contributed by atoms with van der Waals surface area (Å²) >= 11 is 6.86. The van der Waals surface area contributed by atoms with Crippen LogP contribution < -0.4 is 24.4 Å². The molecule has 13 nitrogen and oxygen atoms in total. The number of carbonyl (C=O) groups is 3. The number of allylic oxidation sites excluding steroid dienone is 3. The highest BCUT2D eigenvalue weighted by molar-refractivity contribution is 8.30. The lowest BCUT2D eigenvalue weighted by molar-refractivity contribution is -0.140. The normalized spacial score (nSPS) is 17.8. The third kappa shape index (κ3) is 8.29. The molecular formula is C28H29N3O10S4. The zero-order valence-corrected chi connectivity index (χ0v) is 27.4. The molecule has 0 aliphatic carbocycles. The van der Waals surface area contributed by atoms with Gasteiger partial charge in [0.2, 0.25) is 5.88 Å². The molecule has 0 saturated carbocycles. The number of carbonyl (C=O) groups excluding carboxylic acids is 1. The maximum absolute atomic E-state index is 13.3. The quantitative estimate of drug-likeness (QED) is 0.166. The highest BCUT2D eigenvalue weighted by Crippen LogP contribution is 2.40. The summed E-state index contributed by atoms with van der Waals surface area (Å²) in [6, 6.07) is 5.68. The summed E-state index contributed by atoms with van der Waals surface area (Å²) in [7, 11) is -4.08. The summed E-state index contributed by atoms with van der Waals surface area (Å²) in [6.07, 6.45) is 6.20. The SMILES string of the molecule is CCC(=CC=c1s/c(=C2/SC(=S)N(CC(=O)O)C2=O)n(CC(=O)O)c1=O)C=C1Oc2ccc(C)cc2N1CCCCS(=O)(=O)O. The van der Waals surface area contributed by atoms with Crippen molar-refractivity contribution in [2.45, 2.75) is 39.7 Å². The maximum atomic E-state index is 13.3. The molecule has 2 aromatic rings. The average Bonchev–Trinajstić information content (AvgIpc) is 3.54. The van der Waals surface area contributed by atoms with Gasteiger partial charge in [-0.15, -0.1) is 11.3 Å². The smallest absolute Gasteiger partial charge is 0.323 e. The largest absolute Gasteiger partial charge is 0.480 e. The average molecular weight is 696 g/mol. The number of thiocarbonyl (C=S) groups is 1. The van der Waals surface area contributed by atoms with Gasteiger partial charge in [-0.05, 0) is 55.5 Å². The van der Waals surface area contributed by atoms with E-state index in [0.29, 0.717) is 31.0 Å². The Morgan fingerprint density at radius 1 is 1.09 bits per heavy atom. The number of carboxylic acids is 2. The van der Waals surface area contributed by atoms with Crippen LogP contribution in [-0.4, -0.2) is 73.7 Å². The summed E-state index contributed by atoms with van der Waals surface area (Å²) in [5.41, 5.74) is 1.90. The predicted molar refractivity (Wildman–Crippen MR) is 174 cm³/mol. The fourth-order valence-corrected chi connectivity index (χ4v) is 7.52. The van der Waals surface area contributed by atoms with E-state index in [-0.39, 0.29) is 30.6 Å². The number of benzene rings is 1. The van der Waals surface area contributed by atoms with Crippen molar-refractivity contribution in [1.29, 1.82) is 0 Å². The molecule has 45 heavy (non-hydrogen) atoms. The lowest BCUT2D eigenvalue weighted by Crippen LogP contribution is -2.36. The van der Waals surface area contributed by atoms with Gasteiger partial charge in [0.1, 0.15) is 27.0 Å². The van der Waals surface area contributed by atoms with E-state index >= 15 is 0 Å². The number of nitrogens with zero attached hydrogens (tertiary/aromatic N) is 3. The van der Waals surface area contributed by atoms with Crippen molar-refractivity contribution in [3.63, 3.8) is 0 Å². The minimum absolute atomic E-state index is 0.0132. The summed E-state index contributed by atoms with van der Waals surface area (Å²) < 4.78 is 38.7. The van der Waals surface area contributed by atoms with Crippen molar-refractivity contribution in [3.8, 4) is 5.75 Å². The van der Waals surface area contributed by atoms with E-state index in [4.69, 9.17) is 26.6 Å². The molecule has 4 rings (SSSR count). The van der Waals surface area contributed by atoms with Crippen molar-refractivity contribution in [3.05, 3.63) is 66.9 Å². The van der Waals surface area contributed by atoms with Crippen LogP contribution >= 0.6 is 35.3 Å². The number of aromatic nitrogens is 1. The van der Waals surface area contributed by atoms with Gasteiger partial charge in [0, 0.05) is 12.6 Å². The molecule has 3 N–H and O–H groups in total. The van der Waals surface area contributed by atoms with Crippen LogP contribution in [0.15, 0.2) is 46.6 Å². The summed E-state index contributed by atoms with van der Waals surface area (Å²) in [5.74, 6) is -2.56. The van der Waals surface area contributed by atoms with Crippen molar-refractivity contribution in [1.82, 2.24) is 9.47 Å². The zero-order chi connectivity index (χ0) is 33.1. The van der Waals surface area contributed by atoms with Gasteiger partial charge in [0.25, 0.3) is 21.6 Å². The first-order chi connectivity index (χ1) is 21.2. The van der Waals surface area contributed by atoms with Crippen LogP contribution in [0, 0.1) is 6.92 Å². The molecule has 2 aliphatic rings. The van der Waals surface area contributed by atoms with Crippen LogP contribution in [0.3, 0.4) is 0 Å². The van der Waals surface area contributed by atoms with Gasteiger partial charge < -0.3 is 19.8 Å². The first-order valence-corrected chi connectivity index (χ1v) is 17.2. The zero-order valence-electron chi connectivity index (χ0n) is 24.1. The van der Waals surface area contributed by atoms with Gasteiger partial charge in [-0.3, -0.25) is 33.2 Å². The number of unbranched alkanes of at least 4 members (excludes halogenated alkanes) is 1. The monoisotopic (exact) mass is 695 g/mol. The van der Waals surface area contributed by atoms with Gasteiger partial charge in [-0.1, -0.05) is 43.0 Å². The minimum atomic E-state index is -4.08. The number of aliphatic carboxylic acids is 2. The predicted octanol–water partition coefficient (Wildman–Crippen LogP) is 1.88. The number of fused-ring (bicyclic) bond motifs is 1. The molecule has 3 heterocycles. The van der Waals surface area contributed by atoms with Gasteiger partial charge in [0.05, 0.1) is 16.0 Å². The van der Waals surface area contributed by atoms with Crippen molar-refractivity contribution >= 4 is 84.3 Å². The van der Waals surface area contributed by atoms with Crippen LogP contribution in [0.25, 0.3) is 11.0 Å². The number of thioether (sulfide) groups is 1. The Kier molecular flexibility index (Phi) is 10.7. The molecule has 0 bridgehead atoms.